The lowest BCUT2D eigenvalue weighted by atomic mass is 9.94. The maximum Gasteiger partial charge on any atom is 0.270 e. The molecule has 0 aliphatic carbocycles. The first-order valence-corrected chi connectivity index (χ1v) is 9.77. The summed E-state index contributed by atoms with van der Waals surface area (Å²) in [6.45, 7) is 3.16. The Labute approximate surface area is 154 Å². The molecule has 4 rings (SSSR count). The molecule has 2 aliphatic heterocycles. The number of likely N-dealkylation sites (tertiary alicyclic amines) is 2. The van der Waals surface area contributed by atoms with E-state index in [0.29, 0.717) is 19.0 Å². The van der Waals surface area contributed by atoms with E-state index in [1.807, 2.05) is 51.7 Å². The van der Waals surface area contributed by atoms with Crippen LogP contribution in [0, 0.1) is 5.92 Å². The third-order valence-electron chi connectivity index (χ3n) is 5.97. The minimum Gasteiger partial charge on any atom is -0.342 e. The summed E-state index contributed by atoms with van der Waals surface area (Å²) in [7, 11) is 1.95. The van der Waals surface area contributed by atoms with Crippen LogP contribution in [0.3, 0.4) is 0 Å². The van der Waals surface area contributed by atoms with Gasteiger partial charge in [-0.1, -0.05) is 18.2 Å². The van der Waals surface area contributed by atoms with E-state index in [1.54, 1.807) is 0 Å². The number of aryl methyl sites for hydroxylation is 1. The second kappa shape index (κ2) is 7.14. The van der Waals surface area contributed by atoms with Gasteiger partial charge in [0.05, 0.1) is 0 Å². The lowest BCUT2D eigenvalue weighted by Crippen LogP contribution is -2.46. The van der Waals surface area contributed by atoms with Crippen molar-refractivity contribution in [3.8, 4) is 0 Å². The predicted octanol–water partition coefficient (Wildman–Crippen LogP) is 3.04. The summed E-state index contributed by atoms with van der Waals surface area (Å²) >= 11 is 0. The summed E-state index contributed by atoms with van der Waals surface area (Å²) in [5.74, 6) is 0.471. The molecule has 2 aliphatic rings. The van der Waals surface area contributed by atoms with Crippen molar-refractivity contribution in [3.05, 3.63) is 36.0 Å². The summed E-state index contributed by atoms with van der Waals surface area (Å²) in [5.41, 5.74) is 1.80. The second-order valence-corrected chi connectivity index (χ2v) is 7.60. The topological polar surface area (TPSA) is 45.6 Å². The fraction of sp³-hybridized carbons (Fsp3) is 0.524. The van der Waals surface area contributed by atoms with Gasteiger partial charge in [-0.05, 0) is 44.2 Å². The number of carbonyl (C=O) groups excluding carboxylic acids is 2. The Morgan fingerprint density at radius 2 is 1.62 bits per heavy atom. The van der Waals surface area contributed by atoms with Crippen molar-refractivity contribution in [2.24, 2.45) is 13.0 Å². The highest BCUT2D eigenvalue weighted by atomic mass is 16.2. The van der Waals surface area contributed by atoms with Gasteiger partial charge < -0.3 is 14.4 Å². The molecule has 2 fully saturated rings. The Kier molecular flexibility index (Phi) is 4.70. The van der Waals surface area contributed by atoms with Gasteiger partial charge in [0, 0.05) is 50.0 Å². The van der Waals surface area contributed by atoms with Gasteiger partial charge in [0.1, 0.15) is 5.69 Å². The molecule has 2 amide bonds. The standard InChI is InChI=1S/C21H27N3O2/c1-22-18-8-4-3-7-17(18)15-19(22)21(26)24-13-9-16(10-14-24)20(25)23-11-5-2-6-12-23/h3-4,7-8,15-16H,2,5-6,9-14H2,1H3. The molecule has 0 atom stereocenters. The molecule has 0 saturated carbocycles. The molecule has 5 heteroatoms. The van der Waals surface area contributed by atoms with Crippen molar-refractivity contribution in [2.75, 3.05) is 26.2 Å². The fourth-order valence-corrected chi connectivity index (χ4v) is 4.36. The van der Waals surface area contributed by atoms with Gasteiger partial charge in [0.15, 0.2) is 0 Å². The van der Waals surface area contributed by atoms with Crippen LogP contribution in [0.5, 0.6) is 0 Å². The Morgan fingerprint density at radius 3 is 2.31 bits per heavy atom. The molecule has 2 saturated heterocycles. The average molecular weight is 353 g/mol. The van der Waals surface area contributed by atoms with Crippen molar-refractivity contribution in [3.63, 3.8) is 0 Å². The summed E-state index contributed by atoms with van der Waals surface area (Å²) in [5, 5.41) is 1.09. The minimum absolute atomic E-state index is 0.0765. The zero-order valence-corrected chi connectivity index (χ0v) is 15.5. The van der Waals surface area contributed by atoms with Gasteiger partial charge in [-0.15, -0.1) is 0 Å². The van der Waals surface area contributed by atoms with Crippen LogP contribution in [-0.2, 0) is 11.8 Å². The molecule has 0 bridgehead atoms. The van der Waals surface area contributed by atoms with Crippen molar-refractivity contribution in [1.29, 1.82) is 0 Å². The third-order valence-corrected chi connectivity index (χ3v) is 5.97. The van der Waals surface area contributed by atoms with Gasteiger partial charge >= 0.3 is 0 Å². The predicted molar refractivity (Wildman–Crippen MR) is 102 cm³/mol. The Balaban J connectivity index is 1.41. The van der Waals surface area contributed by atoms with Crippen LogP contribution in [0.1, 0.15) is 42.6 Å². The quantitative estimate of drug-likeness (QED) is 0.833. The summed E-state index contributed by atoms with van der Waals surface area (Å²) < 4.78 is 1.97. The lowest BCUT2D eigenvalue weighted by Gasteiger charge is -2.35. The van der Waals surface area contributed by atoms with Gasteiger partial charge in [-0.2, -0.15) is 0 Å². The fourth-order valence-electron chi connectivity index (χ4n) is 4.36. The van der Waals surface area contributed by atoms with E-state index in [0.717, 1.165) is 55.4 Å². The number of aromatic nitrogens is 1. The highest BCUT2D eigenvalue weighted by Gasteiger charge is 2.31. The normalized spacial score (nSPS) is 19.1. The Morgan fingerprint density at radius 1 is 0.923 bits per heavy atom. The highest BCUT2D eigenvalue weighted by Crippen LogP contribution is 2.25. The third kappa shape index (κ3) is 3.11. The monoisotopic (exact) mass is 353 g/mol. The number of para-hydroxylation sites is 1. The van der Waals surface area contributed by atoms with Crippen LogP contribution < -0.4 is 0 Å². The number of piperidine rings is 2. The van der Waals surface area contributed by atoms with Crippen molar-refractivity contribution < 1.29 is 9.59 Å². The van der Waals surface area contributed by atoms with E-state index in [1.165, 1.54) is 6.42 Å². The number of fused-ring (bicyclic) bond motifs is 1. The maximum atomic E-state index is 13.0. The van der Waals surface area contributed by atoms with Crippen LogP contribution in [-0.4, -0.2) is 52.4 Å². The van der Waals surface area contributed by atoms with Crippen LogP contribution in [0.25, 0.3) is 10.9 Å². The number of benzene rings is 1. The van der Waals surface area contributed by atoms with Crippen molar-refractivity contribution in [1.82, 2.24) is 14.4 Å². The Hall–Kier alpha value is -2.30. The van der Waals surface area contributed by atoms with Gasteiger partial charge in [-0.25, -0.2) is 0 Å². The molecule has 5 nitrogen and oxygen atoms in total. The molecule has 0 spiro atoms. The molecule has 138 valence electrons. The lowest BCUT2D eigenvalue weighted by molar-refractivity contribution is -0.137. The van der Waals surface area contributed by atoms with Crippen LogP contribution >= 0.6 is 0 Å². The van der Waals surface area contributed by atoms with Gasteiger partial charge in [-0.3, -0.25) is 9.59 Å². The zero-order valence-electron chi connectivity index (χ0n) is 15.5. The van der Waals surface area contributed by atoms with Crippen LogP contribution in [0.4, 0.5) is 0 Å². The molecule has 1 aromatic heterocycles. The number of nitrogens with zero attached hydrogens (tertiary/aromatic N) is 3. The second-order valence-electron chi connectivity index (χ2n) is 7.60. The van der Waals surface area contributed by atoms with E-state index >= 15 is 0 Å². The summed E-state index contributed by atoms with van der Waals surface area (Å²) in [6.07, 6.45) is 5.06. The van der Waals surface area contributed by atoms with Crippen molar-refractivity contribution in [2.45, 2.75) is 32.1 Å². The van der Waals surface area contributed by atoms with E-state index in [2.05, 4.69) is 0 Å². The molecular formula is C21H27N3O2. The number of hydrogen-bond acceptors (Lipinski definition) is 2. The smallest absolute Gasteiger partial charge is 0.270 e. The Bertz CT molecular complexity index is 812. The van der Waals surface area contributed by atoms with Crippen LogP contribution in [0.15, 0.2) is 30.3 Å². The molecule has 2 aromatic rings. The molecule has 0 N–H and O–H groups in total. The highest BCUT2D eigenvalue weighted by molar-refractivity contribution is 5.98. The first kappa shape index (κ1) is 17.1. The van der Waals surface area contributed by atoms with E-state index < -0.39 is 0 Å². The molecule has 0 radical (unpaired) electrons. The first-order chi connectivity index (χ1) is 12.6. The SMILES string of the molecule is Cn1c(C(=O)N2CCC(C(=O)N3CCCCC3)CC2)cc2ccccc21. The largest absolute Gasteiger partial charge is 0.342 e. The first-order valence-electron chi connectivity index (χ1n) is 9.77. The number of carbonyl (C=O) groups is 2. The zero-order chi connectivity index (χ0) is 18.1. The molecular weight excluding hydrogens is 326 g/mol. The van der Waals surface area contributed by atoms with E-state index in [9.17, 15) is 9.59 Å². The molecule has 0 unspecified atom stereocenters. The van der Waals surface area contributed by atoms with Crippen LogP contribution in [0.2, 0.25) is 0 Å². The number of amides is 2. The average Bonchev–Trinajstić information content (AvgIpc) is 3.04. The summed E-state index contributed by atoms with van der Waals surface area (Å²) in [6, 6.07) is 10.0. The van der Waals surface area contributed by atoms with Gasteiger partial charge in [0.25, 0.3) is 5.91 Å². The molecule has 3 heterocycles. The molecule has 26 heavy (non-hydrogen) atoms. The number of rotatable bonds is 2. The van der Waals surface area contributed by atoms with E-state index in [4.69, 9.17) is 0 Å². The minimum atomic E-state index is 0.0765. The molecule has 1 aromatic carbocycles. The maximum absolute atomic E-state index is 13.0. The van der Waals surface area contributed by atoms with Gasteiger partial charge in [0.2, 0.25) is 5.91 Å². The van der Waals surface area contributed by atoms with E-state index in [-0.39, 0.29) is 11.8 Å². The summed E-state index contributed by atoms with van der Waals surface area (Å²) in [4.78, 5) is 29.6. The number of hydrogen-bond donors (Lipinski definition) is 0. The van der Waals surface area contributed by atoms with Crippen molar-refractivity contribution >= 4 is 22.7 Å².